The van der Waals surface area contributed by atoms with Gasteiger partial charge in [-0.25, -0.2) is 0 Å². The van der Waals surface area contributed by atoms with Gasteiger partial charge in [0.15, 0.2) is 0 Å². The van der Waals surface area contributed by atoms with Crippen LogP contribution in [0.2, 0.25) is 0 Å². The molecule has 112 valence electrons. The van der Waals surface area contributed by atoms with E-state index in [1.165, 1.54) is 56.2 Å². The van der Waals surface area contributed by atoms with Crippen LogP contribution in [-0.4, -0.2) is 12.6 Å². The maximum absolute atomic E-state index is 3.70. The Kier molecular flexibility index (Phi) is 5.65. The fraction of sp³-hybridized carbons (Fsp3) is 0.684. The Hall–Kier alpha value is -0.820. The molecule has 0 radical (unpaired) electrons. The Morgan fingerprint density at radius 3 is 2.15 bits per heavy atom. The molecule has 0 saturated heterocycles. The van der Waals surface area contributed by atoms with Gasteiger partial charge < -0.3 is 5.32 Å². The number of aryl methyl sites for hydroxylation is 1. The molecule has 0 atom stereocenters. The quantitative estimate of drug-likeness (QED) is 0.789. The van der Waals surface area contributed by atoms with E-state index in [0.29, 0.717) is 11.5 Å². The lowest BCUT2D eigenvalue weighted by molar-refractivity contribution is 0.176. The van der Waals surface area contributed by atoms with Crippen molar-refractivity contribution in [1.29, 1.82) is 0 Å². The Labute approximate surface area is 125 Å². The van der Waals surface area contributed by atoms with Crippen LogP contribution >= 0.6 is 0 Å². The van der Waals surface area contributed by atoms with Gasteiger partial charge in [0.2, 0.25) is 0 Å². The Morgan fingerprint density at radius 1 is 1.00 bits per heavy atom. The molecule has 0 unspecified atom stereocenters. The lowest BCUT2D eigenvalue weighted by atomic mass is 9.70. The van der Waals surface area contributed by atoms with Crippen LogP contribution in [-0.2, 0) is 12.8 Å². The minimum Gasteiger partial charge on any atom is -0.314 e. The van der Waals surface area contributed by atoms with E-state index in [1.807, 2.05) is 0 Å². The van der Waals surface area contributed by atoms with Crippen molar-refractivity contribution in [1.82, 2.24) is 5.32 Å². The van der Waals surface area contributed by atoms with Gasteiger partial charge in [-0.2, -0.15) is 0 Å². The van der Waals surface area contributed by atoms with Crippen LogP contribution < -0.4 is 5.32 Å². The van der Waals surface area contributed by atoms with Gasteiger partial charge in [0.05, 0.1) is 0 Å². The summed E-state index contributed by atoms with van der Waals surface area (Å²) >= 11 is 0. The molecule has 2 rings (SSSR count). The minimum absolute atomic E-state index is 0.496. The van der Waals surface area contributed by atoms with E-state index in [4.69, 9.17) is 0 Å². The smallest absolute Gasteiger partial charge is 0.00134 e. The fourth-order valence-electron chi connectivity index (χ4n) is 3.46. The van der Waals surface area contributed by atoms with E-state index in [9.17, 15) is 0 Å². The van der Waals surface area contributed by atoms with Gasteiger partial charge in [-0.3, -0.25) is 0 Å². The molecule has 0 spiro atoms. The summed E-state index contributed by atoms with van der Waals surface area (Å²) in [5.74, 6) is 0. The average Bonchev–Trinajstić information content (AvgIpc) is 2.47. The van der Waals surface area contributed by atoms with Crippen LogP contribution in [0.5, 0.6) is 0 Å². The normalized spacial score (nSPS) is 18.4. The van der Waals surface area contributed by atoms with Crippen LogP contribution in [0.4, 0.5) is 0 Å². The van der Waals surface area contributed by atoms with Crippen molar-refractivity contribution in [3.8, 4) is 0 Å². The van der Waals surface area contributed by atoms with Crippen molar-refractivity contribution in [2.24, 2.45) is 5.41 Å². The second kappa shape index (κ2) is 7.26. The molecule has 1 nitrogen and oxygen atoms in total. The molecular formula is C19H31N. The average molecular weight is 273 g/mol. The Morgan fingerprint density at radius 2 is 1.60 bits per heavy atom. The Balaban J connectivity index is 2.05. The summed E-state index contributed by atoms with van der Waals surface area (Å²) in [6.45, 7) is 7.92. The SMILES string of the molecule is CCc1ccc(CC2(CNC(C)C)CCCCC2)cc1. The topological polar surface area (TPSA) is 12.0 Å². The van der Waals surface area contributed by atoms with Crippen molar-refractivity contribution in [3.63, 3.8) is 0 Å². The molecule has 1 saturated carbocycles. The number of benzene rings is 1. The molecule has 1 aliphatic rings. The number of hydrogen-bond donors (Lipinski definition) is 1. The molecule has 0 amide bonds. The molecule has 1 aromatic carbocycles. The van der Waals surface area contributed by atoms with Crippen LogP contribution in [0, 0.1) is 5.41 Å². The maximum atomic E-state index is 3.70. The summed E-state index contributed by atoms with van der Waals surface area (Å²) in [7, 11) is 0. The molecular weight excluding hydrogens is 242 g/mol. The first kappa shape index (κ1) is 15.6. The molecule has 1 heteroatoms. The largest absolute Gasteiger partial charge is 0.314 e. The third-order valence-corrected chi connectivity index (χ3v) is 4.81. The second-order valence-electron chi connectivity index (χ2n) is 6.94. The highest BCUT2D eigenvalue weighted by Gasteiger charge is 2.32. The molecule has 1 fully saturated rings. The predicted molar refractivity (Wildman–Crippen MR) is 88.2 cm³/mol. The van der Waals surface area contributed by atoms with E-state index in [0.717, 1.165) is 6.42 Å². The van der Waals surface area contributed by atoms with Crippen molar-refractivity contribution in [2.45, 2.75) is 71.8 Å². The van der Waals surface area contributed by atoms with E-state index in [-0.39, 0.29) is 0 Å². The highest BCUT2D eigenvalue weighted by molar-refractivity contribution is 5.23. The van der Waals surface area contributed by atoms with Gasteiger partial charge in [-0.15, -0.1) is 0 Å². The van der Waals surface area contributed by atoms with Crippen molar-refractivity contribution in [2.75, 3.05) is 6.54 Å². The molecule has 0 heterocycles. The van der Waals surface area contributed by atoms with Crippen LogP contribution in [0.3, 0.4) is 0 Å². The van der Waals surface area contributed by atoms with E-state index >= 15 is 0 Å². The standard InChI is InChI=1S/C19H31N/c1-4-17-8-10-18(11-9-17)14-19(15-20-16(2)3)12-6-5-7-13-19/h8-11,16,20H,4-7,12-15H2,1-3H3. The monoisotopic (exact) mass is 273 g/mol. The highest BCUT2D eigenvalue weighted by atomic mass is 14.9. The van der Waals surface area contributed by atoms with Gasteiger partial charge in [0.1, 0.15) is 0 Å². The first-order valence-corrected chi connectivity index (χ1v) is 8.45. The molecule has 20 heavy (non-hydrogen) atoms. The Bertz CT molecular complexity index is 385. The molecule has 1 aromatic rings. The first-order valence-electron chi connectivity index (χ1n) is 8.45. The lowest BCUT2D eigenvalue weighted by Crippen LogP contribution is -2.40. The zero-order valence-corrected chi connectivity index (χ0v) is 13.5. The first-order chi connectivity index (χ1) is 9.63. The van der Waals surface area contributed by atoms with Crippen LogP contribution in [0.25, 0.3) is 0 Å². The highest BCUT2D eigenvalue weighted by Crippen LogP contribution is 2.39. The molecule has 1 aliphatic carbocycles. The second-order valence-corrected chi connectivity index (χ2v) is 6.94. The zero-order chi connectivity index (χ0) is 14.4. The lowest BCUT2D eigenvalue weighted by Gasteiger charge is -2.38. The van der Waals surface area contributed by atoms with Crippen LogP contribution in [0.15, 0.2) is 24.3 Å². The van der Waals surface area contributed by atoms with E-state index in [2.05, 4.69) is 50.4 Å². The van der Waals surface area contributed by atoms with E-state index in [1.54, 1.807) is 0 Å². The van der Waals surface area contributed by atoms with Gasteiger partial charge in [0, 0.05) is 12.6 Å². The zero-order valence-electron chi connectivity index (χ0n) is 13.5. The summed E-state index contributed by atoms with van der Waals surface area (Å²) in [5, 5.41) is 3.70. The van der Waals surface area contributed by atoms with Crippen molar-refractivity contribution in [3.05, 3.63) is 35.4 Å². The number of hydrogen-bond acceptors (Lipinski definition) is 1. The van der Waals surface area contributed by atoms with Gasteiger partial charge >= 0.3 is 0 Å². The molecule has 0 bridgehead atoms. The van der Waals surface area contributed by atoms with Crippen molar-refractivity contribution >= 4 is 0 Å². The van der Waals surface area contributed by atoms with E-state index < -0.39 is 0 Å². The van der Waals surface area contributed by atoms with Crippen LogP contribution in [0.1, 0.15) is 64.0 Å². The van der Waals surface area contributed by atoms with Gasteiger partial charge in [-0.1, -0.05) is 64.3 Å². The molecule has 0 aliphatic heterocycles. The summed E-state index contributed by atoms with van der Waals surface area (Å²) in [6, 6.07) is 9.91. The predicted octanol–water partition coefficient (Wildman–Crippen LogP) is 4.74. The third kappa shape index (κ3) is 4.34. The summed E-state index contributed by atoms with van der Waals surface area (Å²) < 4.78 is 0. The molecule has 0 aromatic heterocycles. The van der Waals surface area contributed by atoms with Crippen molar-refractivity contribution < 1.29 is 0 Å². The number of rotatable bonds is 6. The maximum Gasteiger partial charge on any atom is 0.00134 e. The summed E-state index contributed by atoms with van der Waals surface area (Å²) in [6.07, 6.45) is 9.42. The third-order valence-electron chi connectivity index (χ3n) is 4.81. The van der Waals surface area contributed by atoms with Gasteiger partial charge in [-0.05, 0) is 42.2 Å². The minimum atomic E-state index is 0.496. The molecule has 1 N–H and O–H groups in total. The fourth-order valence-corrected chi connectivity index (χ4v) is 3.46. The number of nitrogens with one attached hydrogen (secondary N) is 1. The summed E-state index contributed by atoms with van der Waals surface area (Å²) in [4.78, 5) is 0. The summed E-state index contributed by atoms with van der Waals surface area (Å²) in [5.41, 5.74) is 3.47. The van der Waals surface area contributed by atoms with Gasteiger partial charge in [0.25, 0.3) is 0 Å².